The zero-order valence-corrected chi connectivity index (χ0v) is 7.34. The summed E-state index contributed by atoms with van der Waals surface area (Å²) < 4.78 is 0.803. The van der Waals surface area contributed by atoms with Crippen molar-refractivity contribution in [2.45, 2.75) is 0 Å². The highest BCUT2D eigenvalue weighted by molar-refractivity contribution is 7.25. The van der Waals surface area contributed by atoms with Crippen LogP contribution in [0.5, 0.6) is 0 Å². The number of carbonyl (C=O) groups is 1. The lowest BCUT2D eigenvalue weighted by atomic mass is 10.2. The van der Waals surface area contributed by atoms with Crippen molar-refractivity contribution in [3.8, 4) is 0 Å². The van der Waals surface area contributed by atoms with E-state index < -0.39 is 5.97 Å². The van der Waals surface area contributed by atoms with Gasteiger partial charge in [0.1, 0.15) is 0 Å². The number of aromatic carboxylic acids is 1. The zero-order valence-electron chi connectivity index (χ0n) is 6.52. The maximum absolute atomic E-state index is 10.6. The van der Waals surface area contributed by atoms with Crippen LogP contribution >= 0.6 is 11.3 Å². The Morgan fingerprint density at radius 1 is 1.54 bits per heavy atom. The summed E-state index contributed by atoms with van der Waals surface area (Å²) in [5, 5.41) is 8.70. The molecule has 1 aromatic carbocycles. The number of carboxylic acid groups (broad SMARTS) is 1. The molecule has 0 saturated carbocycles. The average molecular weight is 189 g/mol. The van der Waals surface area contributed by atoms with Crippen molar-refractivity contribution < 1.29 is 9.90 Å². The minimum atomic E-state index is -0.936. The normalized spacial score (nSPS) is 10.5. The van der Waals surface area contributed by atoms with Gasteiger partial charge >= 0.3 is 5.97 Å². The Kier molecular flexibility index (Phi) is 1.81. The highest BCUT2D eigenvalue weighted by Crippen LogP contribution is 2.17. The topological polar surface area (TPSA) is 50.2 Å². The Morgan fingerprint density at radius 2 is 2.31 bits per heavy atom. The number of aromatic nitrogens is 1. The molecule has 2 aromatic rings. The van der Waals surface area contributed by atoms with Gasteiger partial charge in [0.15, 0.2) is 7.85 Å². The minimum Gasteiger partial charge on any atom is -0.478 e. The summed E-state index contributed by atoms with van der Waals surface area (Å²) in [6, 6.07) is 4.75. The molecule has 0 aliphatic rings. The molecule has 0 bridgehead atoms. The second-order valence-electron chi connectivity index (χ2n) is 2.54. The number of benzene rings is 1. The summed E-state index contributed by atoms with van der Waals surface area (Å²) in [5.41, 5.74) is 1.00. The number of fused-ring (bicyclic) bond motifs is 1. The molecule has 0 unspecified atom stereocenters. The Morgan fingerprint density at radius 3 is 3.00 bits per heavy atom. The van der Waals surface area contributed by atoms with Crippen LogP contribution in [0.25, 0.3) is 10.2 Å². The summed E-state index contributed by atoms with van der Waals surface area (Å²) in [7, 11) is 5.48. The van der Waals surface area contributed by atoms with E-state index in [1.807, 2.05) is 0 Å². The van der Waals surface area contributed by atoms with Gasteiger partial charge in [-0.05, 0) is 18.2 Å². The lowest BCUT2D eigenvalue weighted by molar-refractivity contribution is 0.0697. The lowest BCUT2D eigenvalue weighted by Gasteiger charge is -1.91. The standard InChI is InChI=1S/C8H4BNO2S/c9-8-10-5-2-1-4(7(11)12)3-6(5)13-8/h1-3H,(H,11,12). The Balaban J connectivity index is 2.67. The number of rotatable bonds is 1. The van der Waals surface area contributed by atoms with E-state index in [0.29, 0.717) is 4.91 Å². The maximum Gasteiger partial charge on any atom is 0.335 e. The molecule has 0 atom stereocenters. The van der Waals surface area contributed by atoms with Gasteiger partial charge < -0.3 is 5.11 Å². The monoisotopic (exact) mass is 189 g/mol. The summed E-state index contributed by atoms with van der Waals surface area (Å²) >= 11 is 1.29. The van der Waals surface area contributed by atoms with Crippen LogP contribution in [0.3, 0.4) is 0 Å². The van der Waals surface area contributed by atoms with Crippen molar-refractivity contribution >= 4 is 40.3 Å². The van der Waals surface area contributed by atoms with E-state index in [-0.39, 0.29) is 5.56 Å². The molecular weight excluding hydrogens is 185 g/mol. The molecule has 5 heteroatoms. The van der Waals surface area contributed by atoms with Crippen molar-refractivity contribution in [2.24, 2.45) is 0 Å². The third-order valence-electron chi connectivity index (χ3n) is 1.65. The first-order valence-electron chi connectivity index (χ1n) is 3.56. The van der Waals surface area contributed by atoms with E-state index in [0.717, 1.165) is 10.2 Å². The molecule has 0 aliphatic heterocycles. The molecule has 1 heterocycles. The van der Waals surface area contributed by atoms with Crippen LogP contribution in [0.4, 0.5) is 0 Å². The Hall–Kier alpha value is -1.36. The Labute approximate surface area is 79.4 Å². The van der Waals surface area contributed by atoms with Gasteiger partial charge in [0.2, 0.25) is 0 Å². The van der Waals surface area contributed by atoms with Crippen LogP contribution in [-0.4, -0.2) is 23.9 Å². The van der Waals surface area contributed by atoms with Gasteiger partial charge in [-0.25, -0.2) is 4.79 Å². The van der Waals surface area contributed by atoms with Gasteiger partial charge in [-0.2, -0.15) is 0 Å². The van der Waals surface area contributed by atoms with E-state index in [9.17, 15) is 4.79 Å². The quantitative estimate of drug-likeness (QED) is 0.674. The molecule has 0 aliphatic carbocycles. The highest BCUT2D eigenvalue weighted by atomic mass is 32.1. The van der Waals surface area contributed by atoms with Crippen LogP contribution in [-0.2, 0) is 0 Å². The highest BCUT2D eigenvalue weighted by Gasteiger charge is 2.05. The van der Waals surface area contributed by atoms with Gasteiger partial charge in [-0.1, -0.05) is 0 Å². The summed E-state index contributed by atoms with van der Waals surface area (Å²) in [6.07, 6.45) is 0. The summed E-state index contributed by atoms with van der Waals surface area (Å²) in [6.45, 7) is 0. The van der Waals surface area contributed by atoms with E-state index in [1.54, 1.807) is 12.1 Å². The molecule has 13 heavy (non-hydrogen) atoms. The van der Waals surface area contributed by atoms with Crippen LogP contribution in [0.1, 0.15) is 10.4 Å². The summed E-state index contributed by atoms with van der Waals surface area (Å²) in [5.74, 6) is -0.936. The molecule has 0 amide bonds. The van der Waals surface area contributed by atoms with Crippen LogP contribution in [0.15, 0.2) is 18.2 Å². The van der Waals surface area contributed by atoms with E-state index >= 15 is 0 Å². The molecule has 0 fully saturated rings. The van der Waals surface area contributed by atoms with E-state index in [2.05, 4.69) is 4.98 Å². The largest absolute Gasteiger partial charge is 0.478 e. The molecule has 2 rings (SSSR count). The number of hydrogen-bond acceptors (Lipinski definition) is 3. The number of hydrogen-bond donors (Lipinski definition) is 1. The maximum atomic E-state index is 10.6. The molecule has 62 valence electrons. The fourth-order valence-corrected chi connectivity index (χ4v) is 1.85. The van der Waals surface area contributed by atoms with Gasteiger partial charge in [-0.3, -0.25) is 4.98 Å². The SMILES string of the molecule is [B]c1nc2ccc(C(=O)O)cc2s1. The van der Waals surface area contributed by atoms with Gasteiger partial charge in [0.25, 0.3) is 0 Å². The molecule has 1 aromatic heterocycles. The molecule has 0 spiro atoms. The summed E-state index contributed by atoms with van der Waals surface area (Å²) in [4.78, 5) is 15.1. The average Bonchev–Trinajstić information content (AvgIpc) is 2.42. The third-order valence-corrected chi connectivity index (χ3v) is 2.50. The molecular formula is C8H4BNO2S. The first-order valence-corrected chi connectivity index (χ1v) is 4.38. The molecule has 1 N–H and O–H groups in total. The second kappa shape index (κ2) is 2.85. The number of nitrogens with zero attached hydrogens (tertiary/aromatic N) is 1. The fourth-order valence-electron chi connectivity index (χ4n) is 1.08. The van der Waals surface area contributed by atoms with Crippen molar-refractivity contribution in [3.05, 3.63) is 23.8 Å². The van der Waals surface area contributed by atoms with Gasteiger partial charge in [-0.15, -0.1) is 11.3 Å². The van der Waals surface area contributed by atoms with E-state index in [4.69, 9.17) is 13.0 Å². The fraction of sp³-hybridized carbons (Fsp3) is 0. The predicted octanol–water partition coefficient (Wildman–Crippen LogP) is 0.788. The van der Waals surface area contributed by atoms with Crippen molar-refractivity contribution in [1.29, 1.82) is 0 Å². The Bertz CT molecular complexity index is 480. The molecule has 2 radical (unpaired) electrons. The molecule has 0 saturated heterocycles. The predicted molar refractivity (Wildman–Crippen MR) is 52.0 cm³/mol. The molecule has 3 nitrogen and oxygen atoms in total. The number of carboxylic acids is 1. The van der Waals surface area contributed by atoms with Crippen molar-refractivity contribution in [2.75, 3.05) is 0 Å². The third kappa shape index (κ3) is 1.42. The smallest absolute Gasteiger partial charge is 0.335 e. The van der Waals surface area contributed by atoms with Crippen molar-refractivity contribution in [3.63, 3.8) is 0 Å². The van der Waals surface area contributed by atoms with Crippen LogP contribution in [0.2, 0.25) is 0 Å². The lowest BCUT2D eigenvalue weighted by Crippen LogP contribution is -1.96. The second-order valence-corrected chi connectivity index (χ2v) is 3.60. The zero-order chi connectivity index (χ0) is 9.42. The first-order chi connectivity index (χ1) is 6.16. The van der Waals surface area contributed by atoms with Gasteiger partial charge in [0, 0.05) is 4.91 Å². The first kappa shape index (κ1) is 8.25. The van der Waals surface area contributed by atoms with Crippen LogP contribution in [0, 0.1) is 0 Å². The van der Waals surface area contributed by atoms with Gasteiger partial charge in [0.05, 0.1) is 15.8 Å². The number of thiazole rings is 1. The minimum absolute atomic E-state index is 0.260. The van der Waals surface area contributed by atoms with Crippen LogP contribution < -0.4 is 4.91 Å². The van der Waals surface area contributed by atoms with E-state index in [1.165, 1.54) is 17.4 Å². The van der Waals surface area contributed by atoms with Crippen molar-refractivity contribution in [1.82, 2.24) is 4.98 Å².